The van der Waals surface area contributed by atoms with Gasteiger partial charge in [-0.1, -0.05) is 17.7 Å². The molecule has 9 nitrogen and oxygen atoms in total. The van der Waals surface area contributed by atoms with Crippen LogP contribution in [0, 0.1) is 22.9 Å². The summed E-state index contributed by atoms with van der Waals surface area (Å²) in [6.45, 7) is 2.30. The lowest BCUT2D eigenvalue weighted by Crippen LogP contribution is -2.35. The van der Waals surface area contributed by atoms with E-state index in [1.807, 2.05) is 0 Å². The fourth-order valence-corrected chi connectivity index (χ4v) is 2.44. The van der Waals surface area contributed by atoms with Crippen LogP contribution in [-0.2, 0) is 14.3 Å². The van der Waals surface area contributed by atoms with E-state index in [1.165, 1.54) is 31.2 Å². The molecule has 0 heterocycles. The molecule has 0 bridgehead atoms. The second-order valence-electron chi connectivity index (χ2n) is 6.19. The normalized spacial score (nSPS) is 11.3. The summed E-state index contributed by atoms with van der Waals surface area (Å²) in [7, 11) is 0. The zero-order valence-electron chi connectivity index (χ0n) is 15.9. The average Bonchev–Trinajstić information content (AvgIpc) is 2.69. The Hall–Kier alpha value is -3.53. The van der Waals surface area contributed by atoms with Crippen molar-refractivity contribution < 1.29 is 28.4 Å². The van der Waals surface area contributed by atoms with E-state index >= 15 is 0 Å². The number of nitro benzene ring substituents is 1. The number of nitrogens with zero attached hydrogens (tertiary/aromatic N) is 1. The van der Waals surface area contributed by atoms with Gasteiger partial charge in [0.15, 0.2) is 6.10 Å². The Balaban J connectivity index is 1.88. The minimum atomic E-state index is -1.21. The molecule has 2 N–H and O–H groups in total. The number of benzene rings is 2. The Morgan fingerprint density at radius 2 is 1.93 bits per heavy atom. The number of amides is 2. The molecule has 2 rings (SSSR count). The topological polar surface area (TPSA) is 128 Å². The second kappa shape index (κ2) is 9.79. The molecule has 2 aromatic rings. The zero-order valence-corrected chi connectivity index (χ0v) is 16.7. The Bertz CT molecular complexity index is 1010. The van der Waals surface area contributed by atoms with Crippen molar-refractivity contribution in [2.75, 3.05) is 11.9 Å². The highest BCUT2D eigenvalue weighted by Crippen LogP contribution is 2.25. The van der Waals surface area contributed by atoms with Gasteiger partial charge in [-0.25, -0.2) is 4.39 Å². The number of hydrogen-bond acceptors (Lipinski definition) is 6. The average molecular weight is 438 g/mol. The highest BCUT2D eigenvalue weighted by Gasteiger charge is 2.20. The molecule has 0 saturated heterocycles. The minimum Gasteiger partial charge on any atom is -0.451 e. The lowest BCUT2D eigenvalue weighted by molar-refractivity contribution is -0.384. The molecule has 2 amide bonds. The third-order valence-electron chi connectivity index (χ3n) is 3.92. The van der Waals surface area contributed by atoms with Crippen LogP contribution < -0.4 is 10.6 Å². The summed E-state index contributed by atoms with van der Waals surface area (Å²) >= 11 is 5.68. The molecule has 0 aliphatic carbocycles. The first kappa shape index (κ1) is 22.8. The van der Waals surface area contributed by atoms with Crippen molar-refractivity contribution in [3.63, 3.8) is 0 Å². The molecular weight excluding hydrogens is 421 g/mol. The van der Waals surface area contributed by atoms with E-state index in [0.717, 1.165) is 12.1 Å². The SMILES string of the molecule is Cc1ccc(NC(=O)C(C)OC(=O)CNC(=O)c2ccc(Cl)c([N+](=O)[O-])c2)cc1F. The summed E-state index contributed by atoms with van der Waals surface area (Å²) in [5, 5.41) is 15.4. The fraction of sp³-hybridized carbons (Fsp3) is 0.211. The van der Waals surface area contributed by atoms with Crippen LogP contribution in [0.3, 0.4) is 0 Å². The van der Waals surface area contributed by atoms with Gasteiger partial charge in [0.2, 0.25) is 0 Å². The number of hydrogen-bond donors (Lipinski definition) is 2. The lowest BCUT2D eigenvalue weighted by atomic mass is 10.2. The number of anilines is 1. The number of aryl methyl sites for hydroxylation is 1. The second-order valence-corrected chi connectivity index (χ2v) is 6.60. The van der Waals surface area contributed by atoms with Crippen LogP contribution in [0.15, 0.2) is 36.4 Å². The van der Waals surface area contributed by atoms with E-state index in [2.05, 4.69) is 10.6 Å². The monoisotopic (exact) mass is 437 g/mol. The largest absolute Gasteiger partial charge is 0.451 e. The van der Waals surface area contributed by atoms with Gasteiger partial charge in [-0.2, -0.15) is 0 Å². The van der Waals surface area contributed by atoms with Crippen molar-refractivity contribution >= 4 is 40.8 Å². The smallest absolute Gasteiger partial charge is 0.326 e. The third kappa shape index (κ3) is 5.98. The molecule has 0 fully saturated rings. The Morgan fingerprint density at radius 3 is 2.57 bits per heavy atom. The molecule has 0 aromatic heterocycles. The predicted octanol–water partition coefficient (Wildman–Crippen LogP) is 3.00. The van der Waals surface area contributed by atoms with Gasteiger partial charge >= 0.3 is 5.97 Å². The lowest BCUT2D eigenvalue weighted by Gasteiger charge is -2.14. The molecular formula is C19H17ClFN3O6. The number of nitrogens with one attached hydrogen (secondary N) is 2. The van der Waals surface area contributed by atoms with Crippen molar-refractivity contribution in [1.29, 1.82) is 0 Å². The van der Waals surface area contributed by atoms with Gasteiger partial charge in [0.25, 0.3) is 17.5 Å². The van der Waals surface area contributed by atoms with Crippen LogP contribution in [0.5, 0.6) is 0 Å². The number of esters is 1. The van der Waals surface area contributed by atoms with Crippen LogP contribution in [0.1, 0.15) is 22.8 Å². The molecule has 1 atom stereocenters. The standard InChI is InChI=1S/C19H17ClFN3O6/c1-10-3-5-13(8-15(10)21)23-18(26)11(2)30-17(25)9-22-19(27)12-4-6-14(20)16(7-12)24(28)29/h3-8,11H,9H2,1-2H3,(H,22,27)(H,23,26). The molecule has 0 radical (unpaired) electrons. The van der Waals surface area contributed by atoms with Gasteiger partial charge in [0, 0.05) is 17.3 Å². The van der Waals surface area contributed by atoms with Gasteiger partial charge in [0.1, 0.15) is 17.4 Å². The van der Waals surface area contributed by atoms with Crippen molar-refractivity contribution in [3.05, 3.63) is 68.5 Å². The van der Waals surface area contributed by atoms with Gasteiger partial charge in [0.05, 0.1) is 4.92 Å². The summed E-state index contributed by atoms with van der Waals surface area (Å²) in [5.41, 5.74) is 0.0775. The first-order chi connectivity index (χ1) is 14.1. The van der Waals surface area contributed by atoms with Crippen molar-refractivity contribution in [2.45, 2.75) is 20.0 Å². The number of carbonyl (C=O) groups excluding carboxylic acids is 3. The Morgan fingerprint density at radius 1 is 1.23 bits per heavy atom. The van der Waals surface area contributed by atoms with Crippen molar-refractivity contribution in [1.82, 2.24) is 5.32 Å². The molecule has 11 heteroatoms. The van der Waals surface area contributed by atoms with Gasteiger partial charge < -0.3 is 15.4 Å². The van der Waals surface area contributed by atoms with Crippen LogP contribution in [-0.4, -0.2) is 35.4 Å². The van der Waals surface area contributed by atoms with E-state index in [9.17, 15) is 28.9 Å². The molecule has 0 aliphatic rings. The van der Waals surface area contributed by atoms with E-state index in [1.54, 1.807) is 6.92 Å². The summed E-state index contributed by atoms with van der Waals surface area (Å²) in [4.78, 5) is 46.1. The van der Waals surface area contributed by atoms with E-state index < -0.39 is 46.9 Å². The zero-order chi connectivity index (χ0) is 22.4. The van der Waals surface area contributed by atoms with Crippen LogP contribution in [0.25, 0.3) is 0 Å². The summed E-state index contributed by atoms with van der Waals surface area (Å²) in [6, 6.07) is 7.53. The number of nitro groups is 1. The van der Waals surface area contributed by atoms with Crippen molar-refractivity contribution in [3.8, 4) is 0 Å². The Labute approximate surface area is 175 Å². The van der Waals surface area contributed by atoms with Crippen molar-refractivity contribution in [2.24, 2.45) is 0 Å². The highest BCUT2D eigenvalue weighted by molar-refractivity contribution is 6.32. The third-order valence-corrected chi connectivity index (χ3v) is 4.23. The number of ether oxygens (including phenoxy) is 1. The van der Waals surface area contributed by atoms with Gasteiger partial charge in [-0.05, 0) is 43.7 Å². The summed E-state index contributed by atoms with van der Waals surface area (Å²) in [6.07, 6.45) is -1.21. The van der Waals surface area contributed by atoms with Gasteiger partial charge in [-0.15, -0.1) is 0 Å². The highest BCUT2D eigenvalue weighted by atomic mass is 35.5. The quantitative estimate of drug-likeness (QED) is 0.389. The van der Waals surface area contributed by atoms with E-state index in [0.29, 0.717) is 5.56 Å². The van der Waals surface area contributed by atoms with Crippen LogP contribution in [0.2, 0.25) is 5.02 Å². The maximum Gasteiger partial charge on any atom is 0.326 e. The first-order valence-electron chi connectivity index (χ1n) is 8.57. The number of halogens is 2. The molecule has 0 aliphatic heterocycles. The minimum absolute atomic E-state index is 0.0777. The molecule has 0 spiro atoms. The molecule has 158 valence electrons. The first-order valence-corrected chi connectivity index (χ1v) is 8.95. The maximum absolute atomic E-state index is 13.5. The van der Waals surface area contributed by atoms with E-state index in [4.69, 9.17) is 16.3 Å². The van der Waals surface area contributed by atoms with Gasteiger partial charge in [-0.3, -0.25) is 24.5 Å². The number of rotatable bonds is 7. The summed E-state index contributed by atoms with van der Waals surface area (Å²) in [5.74, 6) is -2.86. The molecule has 1 unspecified atom stereocenters. The molecule has 30 heavy (non-hydrogen) atoms. The Kier molecular flexibility index (Phi) is 7.43. The van der Waals surface area contributed by atoms with Crippen LogP contribution in [0.4, 0.5) is 15.8 Å². The number of carbonyl (C=O) groups is 3. The predicted molar refractivity (Wildman–Crippen MR) is 106 cm³/mol. The summed E-state index contributed by atoms with van der Waals surface area (Å²) < 4.78 is 18.4. The molecule has 0 saturated carbocycles. The van der Waals surface area contributed by atoms with E-state index in [-0.39, 0.29) is 16.3 Å². The fourth-order valence-electron chi connectivity index (χ4n) is 2.26. The maximum atomic E-state index is 13.5. The van der Waals surface area contributed by atoms with Crippen LogP contribution >= 0.6 is 11.6 Å². The molecule has 2 aromatic carbocycles.